The zero-order chi connectivity index (χ0) is 25.6. The average molecular weight is 503 g/mol. The highest BCUT2D eigenvalue weighted by atomic mass is 19.4. The number of para-hydroxylation sites is 1. The summed E-state index contributed by atoms with van der Waals surface area (Å²) in [7, 11) is 0. The highest BCUT2D eigenvalue weighted by Crippen LogP contribution is 2.33. The van der Waals surface area contributed by atoms with Crippen LogP contribution in [0, 0.1) is 0 Å². The molecule has 0 aliphatic heterocycles. The van der Waals surface area contributed by atoms with Crippen molar-refractivity contribution in [3.8, 4) is 17.2 Å². The van der Waals surface area contributed by atoms with Gasteiger partial charge >= 0.3 is 18.7 Å². The number of ether oxygens (including phenoxy) is 2. The first-order valence-electron chi connectivity index (χ1n) is 10.2. The van der Waals surface area contributed by atoms with Crippen molar-refractivity contribution in [2.24, 2.45) is 0 Å². The van der Waals surface area contributed by atoms with Crippen LogP contribution in [0.4, 0.5) is 30.7 Å². The Morgan fingerprint density at radius 2 is 1.29 bits per heavy atom. The van der Waals surface area contributed by atoms with Crippen molar-refractivity contribution in [2.45, 2.75) is 30.9 Å². The Hall–Kier alpha value is -3.31. The molecule has 3 rings (SSSR count). The van der Waals surface area contributed by atoms with Gasteiger partial charge in [-0.05, 0) is 47.5 Å². The zero-order valence-electron chi connectivity index (χ0n) is 17.9. The van der Waals surface area contributed by atoms with Crippen molar-refractivity contribution >= 4 is 0 Å². The molecular formula is C24H20F7NO3. The van der Waals surface area contributed by atoms with E-state index in [2.05, 4.69) is 10.1 Å². The Labute approximate surface area is 195 Å². The van der Waals surface area contributed by atoms with E-state index in [1.54, 1.807) is 42.5 Å². The fourth-order valence-corrected chi connectivity index (χ4v) is 3.11. The van der Waals surface area contributed by atoms with Crippen molar-refractivity contribution in [1.29, 1.82) is 0 Å². The molecule has 2 atom stereocenters. The summed E-state index contributed by atoms with van der Waals surface area (Å²) in [5.41, 5.74) is 0.476. The number of rotatable bonds is 10. The molecule has 11 heteroatoms. The van der Waals surface area contributed by atoms with Gasteiger partial charge in [-0.2, -0.15) is 30.7 Å². The van der Waals surface area contributed by atoms with E-state index in [1.165, 1.54) is 24.3 Å². The van der Waals surface area contributed by atoms with Gasteiger partial charge in [0.2, 0.25) is 0 Å². The second-order valence-corrected chi connectivity index (χ2v) is 7.42. The highest BCUT2D eigenvalue weighted by molar-refractivity contribution is 5.41. The standard InChI is InChI=1S/C24H20F7NO3/c25-22(26)24(30,31)35-19-11-5-7-16(13-19)21(32-14-20(33)23(27,28)29)15-6-4-10-18(12-15)34-17-8-2-1-3-9-17/h1-13,20-22,32-33H,14H2/t20-,21?/m1/s1. The molecule has 0 saturated heterocycles. The Morgan fingerprint density at radius 3 is 1.86 bits per heavy atom. The Morgan fingerprint density at radius 1 is 0.743 bits per heavy atom. The first kappa shape index (κ1) is 26.3. The Balaban J connectivity index is 1.93. The minimum atomic E-state index is -4.90. The highest BCUT2D eigenvalue weighted by Gasteiger charge is 2.44. The van der Waals surface area contributed by atoms with E-state index in [0.717, 1.165) is 12.1 Å². The molecule has 188 valence electrons. The maximum absolute atomic E-state index is 13.4. The van der Waals surface area contributed by atoms with Crippen LogP contribution in [0.3, 0.4) is 0 Å². The lowest BCUT2D eigenvalue weighted by atomic mass is 9.98. The number of halogens is 7. The topological polar surface area (TPSA) is 50.7 Å². The van der Waals surface area contributed by atoms with Crippen LogP contribution < -0.4 is 14.8 Å². The van der Waals surface area contributed by atoms with E-state index < -0.39 is 43.2 Å². The van der Waals surface area contributed by atoms with Crippen LogP contribution in [0.5, 0.6) is 17.2 Å². The van der Waals surface area contributed by atoms with Crippen molar-refractivity contribution in [2.75, 3.05) is 6.54 Å². The molecule has 3 aromatic carbocycles. The third kappa shape index (κ3) is 7.33. The van der Waals surface area contributed by atoms with E-state index in [9.17, 15) is 35.8 Å². The molecule has 0 spiro atoms. The zero-order valence-corrected chi connectivity index (χ0v) is 17.9. The fourth-order valence-electron chi connectivity index (χ4n) is 3.11. The maximum Gasteiger partial charge on any atom is 0.461 e. The van der Waals surface area contributed by atoms with Gasteiger partial charge in [0.05, 0.1) is 6.04 Å². The number of benzene rings is 3. The predicted molar refractivity (Wildman–Crippen MR) is 113 cm³/mol. The summed E-state index contributed by atoms with van der Waals surface area (Å²) in [5.74, 6) is 0.201. The molecular weight excluding hydrogens is 483 g/mol. The van der Waals surface area contributed by atoms with E-state index in [1.807, 2.05) is 0 Å². The molecule has 0 aliphatic rings. The minimum Gasteiger partial charge on any atom is -0.457 e. The van der Waals surface area contributed by atoms with Crippen molar-refractivity contribution < 1.29 is 45.3 Å². The van der Waals surface area contributed by atoms with E-state index in [0.29, 0.717) is 17.1 Å². The normalized spacial score (nSPS) is 14.0. The second kappa shape index (κ2) is 11.0. The Bertz CT molecular complexity index is 1090. The van der Waals surface area contributed by atoms with Crippen LogP contribution in [0.25, 0.3) is 0 Å². The van der Waals surface area contributed by atoms with E-state index in [4.69, 9.17) is 4.74 Å². The summed E-state index contributed by atoms with van der Waals surface area (Å²) in [6.45, 7) is -0.934. The minimum absolute atomic E-state index is 0.124. The molecule has 35 heavy (non-hydrogen) atoms. The van der Waals surface area contributed by atoms with Crippen molar-refractivity contribution in [1.82, 2.24) is 5.32 Å². The number of hydrogen-bond acceptors (Lipinski definition) is 4. The first-order chi connectivity index (χ1) is 16.5. The van der Waals surface area contributed by atoms with Crippen LogP contribution in [0.15, 0.2) is 78.9 Å². The second-order valence-electron chi connectivity index (χ2n) is 7.42. The van der Waals surface area contributed by atoms with Gasteiger partial charge in [0.1, 0.15) is 17.2 Å². The molecule has 0 amide bonds. The number of alkyl halides is 7. The van der Waals surface area contributed by atoms with Crippen molar-refractivity contribution in [3.05, 3.63) is 90.0 Å². The molecule has 4 nitrogen and oxygen atoms in total. The summed E-state index contributed by atoms with van der Waals surface area (Å²) < 4.78 is 100. The third-order valence-electron chi connectivity index (χ3n) is 4.76. The SMILES string of the molecule is O[C@H](CNC(c1cccc(Oc2ccccc2)c1)c1cccc(OC(F)(F)C(F)F)c1)C(F)(F)F. The van der Waals surface area contributed by atoms with Crippen molar-refractivity contribution in [3.63, 3.8) is 0 Å². The van der Waals surface area contributed by atoms with E-state index in [-0.39, 0.29) is 5.56 Å². The molecule has 0 heterocycles. The number of aliphatic hydroxyl groups excluding tert-OH is 1. The van der Waals surface area contributed by atoms with Gasteiger partial charge in [0.15, 0.2) is 6.10 Å². The summed E-state index contributed by atoms with van der Waals surface area (Å²) in [4.78, 5) is 0. The first-order valence-corrected chi connectivity index (χ1v) is 10.2. The molecule has 0 aromatic heterocycles. The lowest BCUT2D eigenvalue weighted by molar-refractivity contribution is -0.253. The Kier molecular flexibility index (Phi) is 8.23. The van der Waals surface area contributed by atoms with Crippen LogP contribution in [-0.2, 0) is 0 Å². The molecule has 0 bridgehead atoms. The molecule has 0 aliphatic carbocycles. The van der Waals surface area contributed by atoms with Gasteiger partial charge in [-0.1, -0.05) is 42.5 Å². The van der Waals surface area contributed by atoms with Crippen LogP contribution >= 0.6 is 0 Å². The fraction of sp³-hybridized carbons (Fsp3) is 0.250. The van der Waals surface area contributed by atoms with Crippen LogP contribution in [0.1, 0.15) is 17.2 Å². The van der Waals surface area contributed by atoms with Gasteiger partial charge < -0.3 is 19.9 Å². The molecule has 3 aromatic rings. The number of nitrogens with one attached hydrogen (secondary N) is 1. The van der Waals surface area contributed by atoms with Crippen LogP contribution in [0.2, 0.25) is 0 Å². The van der Waals surface area contributed by atoms with Crippen LogP contribution in [-0.4, -0.2) is 36.5 Å². The molecule has 0 saturated carbocycles. The summed E-state index contributed by atoms with van der Waals surface area (Å²) in [6.07, 6.45) is -16.5. The number of aliphatic hydroxyl groups is 1. The van der Waals surface area contributed by atoms with Gasteiger partial charge in [-0.3, -0.25) is 0 Å². The lowest BCUT2D eigenvalue weighted by Crippen LogP contribution is -2.40. The monoisotopic (exact) mass is 503 g/mol. The smallest absolute Gasteiger partial charge is 0.457 e. The largest absolute Gasteiger partial charge is 0.461 e. The molecule has 1 unspecified atom stereocenters. The van der Waals surface area contributed by atoms with Gasteiger partial charge in [0, 0.05) is 6.54 Å². The summed E-state index contributed by atoms with van der Waals surface area (Å²) in [5, 5.41) is 12.0. The summed E-state index contributed by atoms with van der Waals surface area (Å²) in [6, 6.07) is 18.4. The van der Waals surface area contributed by atoms with Gasteiger partial charge in [0.25, 0.3) is 0 Å². The summed E-state index contributed by atoms with van der Waals surface area (Å²) >= 11 is 0. The lowest BCUT2D eigenvalue weighted by Gasteiger charge is -2.24. The molecule has 0 radical (unpaired) electrons. The van der Waals surface area contributed by atoms with E-state index >= 15 is 0 Å². The molecule has 2 N–H and O–H groups in total. The third-order valence-corrected chi connectivity index (χ3v) is 4.76. The average Bonchev–Trinajstić information content (AvgIpc) is 2.79. The maximum atomic E-state index is 13.4. The van der Waals surface area contributed by atoms with Gasteiger partial charge in [-0.25, -0.2) is 0 Å². The predicted octanol–water partition coefficient (Wildman–Crippen LogP) is 6.32. The number of hydrogen-bond donors (Lipinski definition) is 2. The molecule has 0 fully saturated rings. The quantitative estimate of drug-likeness (QED) is 0.318. The van der Waals surface area contributed by atoms with Gasteiger partial charge in [-0.15, -0.1) is 0 Å².